The summed E-state index contributed by atoms with van der Waals surface area (Å²) >= 11 is 0. The molecule has 4 nitrogen and oxygen atoms in total. The molecule has 1 aromatic heterocycles. The number of benzene rings is 2. The molecule has 1 heterocycles. The highest BCUT2D eigenvalue weighted by molar-refractivity contribution is 5.81. The number of esters is 1. The van der Waals surface area contributed by atoms with E-state index in [1.54, 1.807) is 12.1 Å². The summed E-state index contributed by atoms with van der Waals surface area (Å²) in [6.45, 7) is 1.97. The van der Waals surface area contributed by atoms with Crippen LogP contribution >= 0.6 is 0 Å². The molecule has 0 amide bonds. The first-order valence-corrected chi connectivity index (χ1v) is 8.01. The van der Waals surface area contributed by atoms with Crippen LogP contribution in [0.15, 0.2) is 57.7 Å². The first-order chi connectivity index (χ1) is 12.0. The van der Waals surface area contributed by atoms with Gasteiger partial charge in [0.25, 0.3) is 0 Å². The number of carbonyl (C=O) groups is 1. The Kier molecular flexibility index (Phi) is 4.93. The van der Waals surface area contributed by atoms with Gasteiger partial charge in [0.15, 0.2) is 0 Å². The van der Waals surface area contributed by atoms with E-state index in [1.165, 1.54) is 18.2 Å². The number of fused-ring (bicyclic) bond motifs is 1. The fraction of sp³-hybridized carbons (Fsp3) is 0.200. The fourth-order valence-corrected chi connectivity index (χ4v) is 2.64. The van der Waals surface area contributed by atoms with Gasteiger partial charge in [-0.3, -0.25) is 4.79 Å². The molecule has 0 N–H and O–H groups in total. The zero-order valence-electron chi connectivity index (χ0n) is 13.8. The van der Waals surface area contributed by atoms with Crippen molar-refractivity contribution < 1.29 is 18.3 Å². The van der Waals surface area contributed by atoms with Gasteiger partial charge >= 0.3 is 11.6 Å². The Balaban J connectivity index is 1.76. The summed E-state index contributed by atoms with van der Waals surface area (Å²) in [7, 11) is 0. The monoisotopic (exact) mass is 340 g/mol. The summed E-state index contributed by atoms with van der Waals surface area (Å²) in [6, 6.07) is 12.7. The second kappa shape index (κ2) is 7.30. The molecule has 3 aromatic rings. The molecule has 3 rings (SSSR count). The summed E-state index contributed by atoms with van der Waals surface area (Å²) in [5.41, 5.74) is 2.16. The first kappa shape index (κ1) is 16.9. The average Bonchev–Trinajstić information content (AvgIpc) is 2.59. The molecule has 0 atom stereocenters. The van der Waals surface area contributed by atoms with Crippen molar-refractivity contribution in [1.82, 2.24) is 0 Å². The van der Waals surface area contributed by atoms with Gasteiger partial charge in [0.05, 0.1) is 6.42 Å². The van der Waals surface area contributed by atoms with E-state index in [1.807, 2.05) is 25.1 Å². The van der Waals surface area contributed by atoms with E-state index in [2.05, 4.69) is 0 Å². The summed E-state index contributed by atoms with van der Waals surface area (Å²) in [5.74, 6) is -0.888. The quantitative estimate of drug-likeness (QED) is 0.524. The lowest BCUT2D eigenvalue weighted by Gasteiger charge is -2.08. The number of halogens is 1. The molecular formula is C20H17FO4. The summed E-state index contributed by atoms with van der Waals surface area (Å²) in [4.78, 5) is 23.7. The zero-order valence-corrected chi connectivity index (χ0v) is 13.8. The van der Waals surface area contributed by atoms with Gasteiger partial charge in [-0.05, 0) is 35.7 Å². The SMILES string of the molecule is CCc1ccc2c(COC(=O)Cc3cccc(F)c3)cc(=O)oc2c1. The van der Waals surface area contributed by atoms with Crippen molar-refractivity contribution in [2.75, 3.05) is 0 Å². The molecule has 0 aliphatic rings. The van der Waals surface area contributed by atoms with Gasteiger partial charge in [0.2, 0.25) is 0 Å². The predicted octanol–water partition coefficient (Wildman–Crippen LogP) is 3.78. The van der Waals surface area contributed by atoms with E-state index in [-0.39, 0.29) is 13.0 Å². The van der Waals surface area contributed by atoms with Crippen molar-refractivity contribution >= 4 is 16.9 Å². The van der Waals surface area contributed by atoms with Crippen LogP contribution in [0.25, 0.3) is 11.0 Å². The highest BCUT2D eigenvalue weighted by Gasteiger charge is 2.10. The number of ether oxygens (including phenoxy) is 1. The summed E-state index contributed by atoms with van der Waals surface area (Å²) in [6.07, 6.45) is 0.795. The van der Waals surface area contributed by atoms with Crippen LogP contribution in [-0.4, -0.2) is 5.97 Å². The lowest BCUT2D eigenvalue weighted by atomic mass is 10.1. The molecule has 0 saturated carbocycles. The highest BCUT2D eigenvalue weighted by Crippen LogP contribution is 2.20. The van der Waals surface area contributed by atoms with Crippen molar-refractivity contribution in [2.45, 2.75) is 26.4 Å². The van der Waals surface area contributed by atoms with Crippen LogP contribution in [0.3, 0.4) is 0 Å². The van der Waals surface area contributed by atoms with E-state index in [4.69, 9.17) is 9.15 Å². The molecule has 0 aliphatic heterocycles. The third-order valence-electron chi connectivity index (χ3n) is 3.93. The summed E-state index contributed by atoms with van der Waals surface area (Å²) < 4.78 is 23.6. The minimum Gasteiger partial charge on any atom is -0.461 e. The number of aryl methyl sites for hydroxylation is 1. The van der Waals surface area contributed by atoms with Crippen molar-refractivity contribution in [3.63, 3.8) is 0 Å². The average molecular weight is 340 g/mol. The van der Waals surface area contributed by atoms with Crippen molar-refractivity contribution in [1.29, 1.82) is 0 Å². The second-order valence-corrected chi connectivity index (χ2v) is 5.74. The number of carbonyl (C=O) groups excluding carboxylic acids is 1. The molecule has 25 heavy (non-hydrogen) atoms. The molecule has 0 fully saturated rings. The van der Waals surface area contributed by atoms with Gasteiger partial charge in [0.1, 0.15) is 18.0 Å². The van der Waals surface area contributed by atoms with Gasteiger partial charge in [-0.2, -0.15) is 0 Å². The molecule has 128 valence electrons. The van der Waals surface area contributed by atoms with Crippen LogP contribution in [0.2, 0.25) is 0 Å². The lowest BCUT2D eigenvalue weighted by Crippen LogP contribution is -2.10. The van der Waals surface area contributed by atoms with E-state index in [0.29, 0.717) is 16.7 Å². The van der Waals surface area contributed by atoms with Crippen LogP contribution in [0, 0.1) is 5.82 Å². The maximum absolute atomic E-state index is 13.2. The lowest BCUT2D eigenvalue weighted by molar-refractivity contribution is -0.144. The number of rotatable bonds is 5. The molecular weight excluding hydrogens is 323 g/mol. The topological polar surface area (TPSA) is 56.5 Å². The standard InChI is InChI=1S/C20H17FO4/c1-2-13-6-7-17-15(11-20(23)25-18(17)9-13)12-24-19(22)10-14-4-3-5-16(21)8-14/h3-9,11H,2,10,12H2,1H3. The van der Waals surface area contributed by atoms with Crippen molar-refractivity contribution in [2.24, 2.45) is 0 Å². The second-order valence-electron chi connectivity index (χ2n) is 5.74. The Hall–Kier alpha value is -2.95. The van der Waals surface area contributed by atoms with Crippen LogP contribution in [0.4, 0.5) is 4.39 Å². The number of hydrogen-bond donors (Lipinski definition) is 0. The van der Waals surface area contributed by atoms with Crippen LogP contribution in [0.5, 0.6) is 0 Å². The van der Waals surface area contributed by atoms with Crippen molar-refractivity contribution in [3.8, 4) is 0 Å². The molecule has 0 saturated heterocycles. The Morgan fingerprint density at radius 2 is 1.96 bits per heavy atom. The molecule has 5 heteroatoms. The maximum Gasteiger partial charge on any atom is 0.336 e. The van der Waals surface area contributed by atoms with E-state index in [9.17, 15) is 14.0 Å². The molecule has 0 spiro atoms. The van der Waals surface area contributed by atoms with Crippen LogP contribution < -0.4 is 5.63 Å². The fourth-order valence-electron chi connectivity index (χ4n) is 2.64. The maximum atomic E-state index is 13.2. The Morgan fingerprint density at radius 1 is 1.12 bits per heavy atom. The first-order valence-electron chi connectivity index (χ1n) is 8.01. The van der Waals surface area contributed by atoms with Gasteiger partial charge in [0, 0.05) is 17.0 Å². The molecule has 2 aromatic carbocycles. The van der Waals surface area contributed by atoms with E-state index >= 15 is 0 Å². The molecule has 0 radical (unpaired) electrons. The third kappa shape index (κ3) is 4.12. The third-order valence-corrected chi connectivity index (χ3v) is 3.93. The predicted molar refractivity (Wildman–Crippen MR) is 91.8 cm³/mol. The van der Waals surface area contributed by atoms with Crippen LogP contribution in [-0.2, 0) is 29.0 Å². The molecule has 0 unspecified atom stereocenters. The normalized spacial score (nSPS) is 10.8. The van der Waals surface area contributed by atoms with Crippen LogP contribution in [0.1, 0.15) is 23.6 Å². The smallest absolute Gasteiger partial charge is 0.336 e. The Morgan fingerprint density at radius 3 is 2.72 bits per heavy atom. The van der Waals surface area contributed by atoms with Gasteiger partial charge in [-0.25, -0.2) is 9.18 Å². The van der Waals surface area contributed by atoms with E-state index < -0.39 is 17.4 Å². The minimum absolute atomic E-state index is 0.0306. The summed E-state index contributed by atoms with van der Waals surface area (Å²) in [5, 5.41) is 0.732. The highest BCUT2D eigenvalue weighted by atomic mass is 19.1. The van der Waals surface area contributed by atoms with Crippen molar-refractivity contribution in [3.05, 3.63) is 81.5 Å². The Bertz CT molecular complexity index is 975. The zero-order chi connectivity index (χ0) is 17.8. The number of hydrogen-bond acceptors (Lipinski definition) is 4. The van der Waals surface area contributed by atoms with Gasteiger partial charge in [-0.1, -0.05) is 31.2 Å². The minimum atomic E-state index is -0.489. The Labute approximate surface area is 143 Å². The molecule has 0 aliphatic carbocycles. The van der Waals surface area contributed by atoms with Gasteiger partial charge in [-0.15, -0.1) is 0 Å². The largest absolute Gasteiger partial charge is 0.461 e. The molecule has 0 bridgehead atoms. The van der Waals surface area contributed by atoms with Gasteiger partial charge < -0.3 is 9.15 Å². The van der Waals surface area contributed by atoms with E-state index in [0.717, 1.165) is 17.4 Å².